The molecular formula is C23H31ClN4O3. The number of methoxy groups -OCH3 is 2. The average molecular weight is 447 g/mol. The van der Waals surface area contributed by atoms with Crippen molar-refractivity contribution in [1.82, 2.24) is 15.2 Å². The minimum atomic E-state index is -0.240. The topological polar surface area (TPSA) is 75.7 Å². The lowest BCUT2D eigenvalue weighted by Crippen LogP contribution is -2.57. The van der Waals surface area contributed by atoms with Crippen LogP contribution in [0.4, 0.5) is 10.5 Å². The van der Waals surface area contributed by atoms with E-state index in [0.29, 0.717) is 23.1 Å². The van der Waals surface area contributed by atoms with E-state index in [1.807, 2.05) is 12.1 Å². The van der Waals surface area contributed by atoms with E-state index in [4.69, 9.17) is 21.1 Å². The second kappa shape index (κ2) is 10.3. The molecule has 168 valence electrons. The van der Waals surface area contributed by atoms with Gasteiger partial charge in [-0.25, -0.2) is 4.79 Å². The molecule has 2 N–H and O–H groups in total. The van der Waals surface area contributed by atoms with Gasteiger partial charge in [0.25, 0.3) is 0 Å². The summed E-state index contributed by atoms with van der Waals surface area (Å²) in [5.74, 6) is 0.743. The number of nitrogens with zero attached hydrogens (tertiary/aromatic N) is 2. The third-order valence-electron chi connectivity index (χ3n) is 5.76. The number of halogens is 1. The fraction of sp³-hybridized carbons (Fsp3) is 0.478. The van der Waals surface area contributed by atoms with Gasteiger partial charge in [-0.2, -0.15) is 0 Å². The van der Waals surface area contributed by atoms with Crippen LogP contribution in [0.3, 0.4) is 0 Å². The standard InChI is InChI=1S/C23H31ClN4O3/c1-23(2,15-30-3)28-12-11-21(19(14-28)20-10-9-18(31-4)13-25-20)27-22(29)26-17-7-5-16(24)6-8-17/h5-10,13,19,21H,11-12,14-15H2,1-4H3,(H2,26,27,29)/t19-,21+/m0/s1. The summed E-state index contributed by atoms with van der Waals surface area (Å²) < 4.78 is 10.7. The summed E-state index contributed by atoms with van der Waals surface area (Å²) in [4.78, 5) is 19.7. The molecular weight excluding hydrogens is 416 g/mol. The monoisotopic (exact) mass is 446 g/mol. The van der Waals surface area contributed by atoms with Gasteiger partial charge in [-0.15, -0.1) is 0 Å². The van der Waals surface area contributed by atoms with E-state index < -0.39 is 0 Å². The predicted octanol–water partition coefficient (Wildman–Crippen LogP) is 4.15. The highest BCUT2D eigenvalue weighted by molar-refractivity contribution is 6.30. The summed E-state index contributed by atoms with van der Waals surface area (Å²) in [5.41, 5.74) is 1.51. The number of rotatable bonds is 7. The van der Waals surface area contributed by atoms with Gasteiger partial charge in [0, 0.05) is 54.1 Å². The molecule has 3 rings (SSSR count). The van der Waals surface area contributed by atoms with Crippen LogP contribution in [0.2, 0.25) is 5.02 Å². The predicted molar refractivity (Wildman–Crippen MR) is 123 cm³/mol. The molecule has 2 amide bonds. The SMILES string of the molecule is COCC(C)(C)N1CC[C@@H](NC(=O)Nc2ccc(Cl)cc2)[C@H](c2ccc(OC)cn2)C1. The van der Waals surface area contributed by atoms with Gasteiger partial charge in [-0.3, -0.25) is 9.88 Å². The number of carbonyl (C=O) groups is 1. The van der Waals surface area contributed by atoms with Crippen LogP contribution >= 0.6 is 11.6 Å². The second-order valence-corrected chi connectivity index (χ2v) is 8.86. The molecule has 2 atom stereocenters. The normalized spacial score (nSPS) is 19.6. The van der Waals surface area contributed by atoms with Crippen LogP contribution in [0.25, 0.3) is 0 Å². The van der Waals surface area contributed by atoms with Crippen molar-refractivity contribution in [3.63, 3.8) is 0 Å². The maximum absolute atomic E-state index is 12.7. The zero-order chi connectivity index (χ0) is 22.4. The van der Waals surface area contributed by atoms with Crippen LogP contribution in [-0.2, 0) is 4.74 Å². The Balaban J connectivity index is 1.76. The van der Waals surface area contributed by atoms with Gasteiger partial charge in [0.15, 0.2) is 0 Å². The maximum atomic E-state index is 12.7. The van der Waals surface area contributed by atoms with E-state index in [9.17, 15) is 4.79 Å². The summed E-state index contributed by atoms with van der Waals surface area (Å²) in [6.07, 6.45) is 2.53. The Bertz CT molecular complexity index is 858. The number of benzene rings is 1. The molecule has 2 aromatic rings. The summed E-state index contributed by atoms with van der Waals surface area (Å²) >= 11 is 5.93. The number of ether oxygens (including phenoxy) is 2. The first-order valence-corrected chi connectivity index (χ1v) is 10.8. The van der Waals surface area contributed by atoms with Crippen LogP contribution in [-0.4, -0.2) is 61.4 Å². The van der Waals surface area contributed by atoms with E-state index in [2.05, 4.69) is 34.4 Å². The van der Waals surface area contributed by atoms with E-state index in [-0.39, 0.29) is 23.5 Å². The molecule has 1 aromatic carbocycles. The van der Waals surface area contributed by atoms with Crippen LogP contribution in [0, 0.1) is 0 Å². The van der Waals surface area contributed by atoms with Gasteiger partial charge in [0.05, 0.1) is 19.9 Å². The molecule has 0 spiro atoms. The van der Waals surface area contributed by atoms with Gasteiger partial charge in [0.1, 0.15) is 5.75 Å². The van der Waals surface area contributed by atoms with Gasteiger partial charge < -0.3 is 20.1 Å². The van der Waals surface area contributed by atoms with Crippen molar-refractivity contribution in [3.05, 3.63) is 53.3 Å². The molecule has 2 heterocycles. The number of pyridine rings is 1. The van der Waals surface area contributed by atoms with E-state index in [1.165, 1.54) is 0 Å². The maximum Gasteiger partial charge on any atom is 0.319 e. The molecule has 0 bridgehead atoms. The third-order valence-corrected chi connectivity index (χ3v) is 6.01. The lowest BCUT2D eigenvalue weighted by Gasteiger charge is -2.46. The summed E-state index contributed by atoms with van der Waals surface area (Å²) in [5, 5.41) is 6.66. The molecule has 1 aromatic heterocycles. The minimum Gasteiger partial charge on any atom is -0.495 e. The number of likely N-dealkylation sites (tertiary alicyclic amines) is 1. The molecule has 8 heteroatoms. The van der Waals surface area contributed by atoms with Gasteiger partial charge >= 0.3 is 6.03 Å². The Morgan fingerprint density at radius 1 is 1.23 bits per heavy atom. The molecule has 1 fully saturated rings. The first-order valence-electron chi connectivity index (χ1n) is 10.4. The zero-order valence-corrected chi connectivity index (χ0v) is 19.3. The number of urea groups is 1. The highest BCUT2D eigenvalue weighted by Crippen LogP contribution is 2.31. The first kappa shape index (κ1) is 23.3. The van der Waals surface area contributed by atoms with Crippen molar-refractivity contribution < 1.29 is 14.3 Å². The van der Waals surface area contributed by atoms with E-state index in [0.717, 1.165) is 25.2 Å². The molecule has 1 aliphatic heterocycles. The number of anilines is 1. The second-order valence-electron chi connectivity index (χ2n) is 8.42. The number of aromatic nitrogens is 1. The number of amides is 2. The molecule has 0 unspecified atom stereocenters. The van der Waals surface area contributed by atoms with Crippen molar-refractivity contribution in [2.75, 3.05) is 39.2 Å². The molecule has 1 saturated heterocycles. The lowest BCUT2D eigenvalue weighted by molar-refractivity contribution is 0.0106. The minimum absolute atomic E-state index is 0.0340. The van der Waals surface area contributed by atoms with Crippen molar-refractivity contribution in [1.29, 1.82) is 0 Å². The molecule has 7 nitrogen and oxygen atoms in total. The number of piperidine rings is 1. The Morgan fingerprint density at radius 2 is 1.97 bits per heavy atom. The van der Waals surface area contributed by atoms with E-state index >= 15 is 0 Å². The van der Waals surface area contributed by atoms with Gasteiger partial charge in [0.2, 0.25) is 0 Å². The highest BCUT2D eigenvalue weighted by Gasteiger charge is 2.38. The van der Waals surface area contributed by atoms with Crippen molar-refractivity contribution in [2.24, 2.45) is 0 Å². The summed E-state index contributed by atoms with van der Waals surface area (Å²) in [6, 6.07) is 10.6. The van der Waals surface area contributed by atoms with Crippen LogP contribution in [0.5, 0.6) is 5.75 Å². The lowest BCUT2D eigenvalue weighted by atomic mass is 9.86. The summed E-state index contributed by atoms with van der Waals surface area (Å²) in [7, 11) is 3.34. The largest absolute Gasteiger partial charge is 0.495 e. The molecule has 0 aliphatic carbocycles. The molecule has 0 radical (unpaired) electrons. The number of carbonyl (C=O) groups excluding carboxylic acids is 1. The molecule has 1 aliphatic rings. The van der Waals surface area contributed by atoms with Crippen molar-refractivity contribution in [3.8, 4) is 5.75 Å². The van der Waals surface area contributed by atoms with Crippen LogP contribution in [0.15, 0.2) is 42.6 Å². The van der Waals surface area contributed by atoms with Crippen LogP contribution < -0.4 is 15.4 Å². The Kier molecular flexibility index (Phi) is 7.75. The summed E-state index contributed by atoms with van der Waals surface area (Å²) in [6.45, 7) is 6.60. The fourth-order valence-electron chi connectivity index (χ4n) is 4.02. The van der Waals surface area contributed by atoms with Gasteiger partial charge in [-0.05, 0) is 56.7 Å². The number of hydrogen-bond acceptors (Lipinski definition) is 5. The van der Waals surface area contributed by atoms with Crippen molar-refractivity contribution >= 4 is 23.3 Å². The quantitative estimate of drug-likeness (QED) is 0.668. The first-order chi connectivity index (χ1) is 14.8. The molecule has 31 heavy (non-hydrogen) atoms. The Morgan fingerprint density at radius 3 is 2.58 bits per heavy atom. The zero-order valence-electron chi connectivity index (χ0n) is 18.5. The number of nitrogens with one attached hydrogen (secondary N) is 2. The fourth-order valence-corrected chi connectivity index (χ4v) is 4.15. The average Bonchev–Trinajstić information content (AvgIpc) is 2.75. The third kappa shape index (κ3) is 6.09. The Labute approximate surface area is 189 Å². The van der Waals surface area contributed by atoms with Crippen molar-refractivity contribution in [2.45, 2.75) is 37.8 Å². The molecule has 0 saturated carbocycles. The highest BCUT2D eigenvalue weighted by atomic mass is 35.5. The van der Waals surface area contributed by atoms with Gasteiger partial charge in [-0.1, -0.05) is 11.6 Å². The Hall–Kier alpha value is -2.35. The smallest absolute Gasteiger partial charge is 0.319 e. The van der Waals surface area contributed by atoms with Crippen LogP contribution in [0.1, 0.15) is 31.9 Å². The number of hydrogen-bond donors (Lipinski definition) is 2. The van der Waals surface area contributed by atoms with E-state index in [1.54, 1.807) is 44.7 Å².